The van der Waals surface area contributed by atoms with E-state index in [-0.39, 0.29) is 12.3 Å². The highest BCUT2D eigenvalue weighted by molar-refractivity contribution is 5.79. The third-order valence-electron chi connectivity index (χ3n) is 5.13. The summed E-state index contributed by atoms with van der Waals surface area (Å²) >= 11 is 0. The van der Waals surface area contributed by atoms with Crippen molar-refractivity contribution in [2.24, 2.45) is 0 Å². The highest BCUT2D eigenvalue weighted by atomic mass is 19.4. The molecular formula is C22H20F3N5O. The number of aromatic nitrogens is 3. The van der Waals surface area contributed by atoms with Crippen LogP contribution in [0.25, 0.3) is 11.3 Å². The first-order chi connectivity index (χ1) is 14.9. The van der Waals surface area contributed by atoms with Gasteiger partial charge in [-0.15, -0.1) is 0 Å². The number of rotatable bonds is 4. The fourth-order valence-electron chi connectivity index (χ4n) is 3.45. The summed E-state index contributed by atoms with van der Waals surface area (Å²) in [6, 6.07) is 10.2. The summed E-state index contributed by atoms with van der Waals surface area (Å²) in [6.45, 7) is 2.46. The van der Waals surface area contributed by atoms with Crippen molar-refractivity contribution in [1.29, 1.82) is 0 Å². The van der Waals surface area contributed by atoms with Gasteiger partial charge in [-0.3, -0.25) is 9.78 Å². The number of carbonyl (C=O) groups is 1. The molecule has 1 fully saturated rings. The second-order valence-electron chi connectivity index (χ2n) is 7.22. The number of hydrogen-bond donors (Lipinski definition) is 0. The number of piperazine rings is 1. The van der Waals surface area contributed by atoms with E-state index >= 15 is 0 Å². The van der Waals surface area contributed by atoms with Gasteiger partial charge in [0.15, 0.2) is 0 Å². The van der Waals surface area contributed by atoms with Gasteiger partial charge in [0, 0.05) is 50.3 Å². The van der Waals surface area contributed by atoms with Gasteiger partial charge in [-0.05, 0) is 29.8 Å². The number of pyridine rings is 1. The summed E-state index contributed by atoms with van der Waals surface area (Å²) in [7, 11) is 0. The van der Waals surface area contributed by atoms with Crippen molar-refractivity contribution in [3.05, 3.63) is 72.2 Å². The molecule has 160 valence electrons. The fourth-order valence-corrected chi connectivity index (χ4v) is 3.45. The summed E-state index contributed by atoms with van der Waals surface area (Å²) in [6.07, 6.45) is 0.712. The zero-order valence-electron chi connectivity index (χ0n) is 16.6. The Morgan fingerprint density at radius 1 is 0.935 bits per heavy atom. The minimum atomic E-state index is -4.40. The maximum absolute atomic E-state index is 12.9. The number of hydrogen-bond acceptors (Lipinski definition) is 5. The van der Waals surface area contributed by atoms with Crippen LogP contribution in [0.15, 0.2) is 61.1 Å². The van der Waals surface area contributed by atoms with Crippen LogP contribution in [0.2, 0.25) is 0 Å². The smallest absolute Gasteiger partial charge is 0.339 e. The minimum Gasteiger partial charge on any atom is -0.339 e. The van der Waals surface area contributed by atoms with Crippen molar-refractivity contribution >= 4 is 11.9 Å². The molecule has 0 unspecified atom stereocenters. The average Bonchev–Trinajstić information content (AvgIpc) is 2.80. The molecule has 1 aliphatic rings. The van der Waals surface area contributed by atoms with E-state index in [1.54, 1.807) is 47.8 Å². The Morgan fingerprint density at radius 3 is 2.32 bits per heavy atom. The molecule has 0 spiro atoms. The summed E-state index contributed by atoms with van der Waals surface area (Å²) < 4.78 is 38.7. The van der Waals surface area contributed by atoms with Gasteiger partial charge in [0.2, 0.25) is 11.9 Å². The van der Waals surface area contributed by atoms with Crippen LogP contribution in [-0.2, 0) is 17.4 Å². The number of benzene rings is 1. The SMILES string of the molecule is O=C(Cc1ccc(-c2cccc(C(F)(F)F)c2)nc1)N1CCN(c2ncccn2)CC1. The summed E-state index contributed by atoms with van der Waals surface area (Å²) in [5, 5.41) is 0. The van der Waals surface area contributed by atoms with E-state index in [0.717, 1.165) is 17.7 Å². The third-order valence-corrected chi connectivity index (χ3v) is 5.13. The minimum absolute atomic E-state index is 0.0118. The average molecular weight is 427 g/mol. The monoisotopic (exact) mass is 427 g/mol. The van der Waals surface area contributed by atoms with Gasteiger partial charge in [-0.1, -0.05) is 18.2 Å². The van der Waals surface area contributed by atoms with Crippen LogP contribution in [0.1, 0.15) is 11.1 Å². The summed E-state index contributed by atoms with van der Waals surface area (Å²) in [5.41, 5.74) is 0.811. The number of halogens is 3. The molecule has 0 radical (unpaired) electrons. The Labute approximate surface area is 177 Å². The molecule has 1 saturated heterocycles. The Morgan fingerprint density at radius 2 is 1.68 bits per heavy atom. The van der Waals surface area contributed by atoms with E-state index < -0.39 is 11.7 Å². The van der Waals surface area contributed by atoms with Gasteiger partial charge in [0.05, 0.1) is 17.7 Å². The number of carbonyl (C=O) groups excluding carboxylic acids is 1. The lowest BCUT2D eigenvalue weighted by atomic mass is 10.1. The highest BCUT2D eigenvalue weighted by Gasteiger charge is 2.30. The van der Waals surface area contributed by atoms with E-state index in [4.69, 9.17) is 0 Å². The second-order valence-corrected chi connectivity index (χ2v) is 7.22. The molecule has 3 aromatic rings. The molecule has 0 saturated carbocycles. The van der Waals surface area contributed by atoms with Gasteiger partial charge < -0.3 is 9.80 Å². The molecule has 6 nitrogen and oxygen atoms in total. The lowest BCUT2D eigenvalue weighted by Gasteiger charge is -2.34. The molecule has 1 aliphatic heterocycles. The Bertz CT molecular complexity index is 1030. The Hall–Kier alpha value is -3.49. The van der Waals surface area contributed by atoms with Crippen LogP contribution in [-0.4, -0.2) is 51.9 Å². The van der Waals surface area contributed by atoms with Crippen molar-refractivity contribution in [3.8, 4) is 11.3 Å². The Balaban J connectivity index is 1.36. The molecule has 0 N–H and O–H groups in total. The molecule has 4 rings (SSSR count). The molecule has 3 heterocycles. The first-order valence-corrected chi connectivity index (χ1v) is 9.82. The first kappa shape index (κ1) is 20.8. The van der Waals surface area contributed by atoms with E-state index in [2.05, 4.69) is 15.0 Å². The lowest BCUT2D eigenvalue weighted by molar-refractivity contribution is -0.137. The predicted molar refractivity (Wildman–Crippen MR) is 109 cm³/mol. The van der Waals surface area contributed by atoms with Crippen LogP contribution < -0.4 is 4.90 Å². The van der Waals surface area contributed by atoms with Crippen LogP contribution in [0.5, 0.6) is 0 Å². The quantitative estimate of drug-likeness (QED) is 0.638. The molecule has 31 heavy (non-hydrogen) atoms. The van der Waals surface area contributed by atoms with Crippen molar-refractivity contribution in [3.63, 3.8) is 0 Å². The fraction of sp³-hybridized carbons (Fsp3) is 0.273. The number of amides is 1. The highest BCUT2D eigenvalue weighted by Crippen LogP contribution is 2.31. The molecule has 1 aromatic carbocycles. The zero-order valence-corrected chi connectivity index (χ0v) is 16.6. The van der Waals surface area contributed by atoms with Gasteiger partial charge in [0.1, 0.15) is 0 Å². The molecule has 0 atom stereocenters. The largest absolute Gasteiger partial charge is 0.416 e. The molecule has 2 aromatic heterocycles. The van der Waals surface area contributed by atoms with Gasteiger partial charge in [-0.25, -0.2) is 9.97 Å². The van der Waals surface area contributed by atoms with Gasteiger partial charge >= 0.3 is 6.18 Å². The predicted octanol–water partition coefficient (Wildman–Crippen LogP) is 3.45. The van der Waals surface area contributed by atoms with Gasteiger partial charge in [0.25, 0.3) is 0 Å². The van der Waals surface area contributed by atoms with Crippen LogP contribution in [0, 0.1) is 0 Å². The molecule has 9 heteroatoms. The van der Waals surface area contributed by atoms with Crippen LogP contribution >= 0.6 is 0 Å². The standard InChI is InChI=1S/C22H20F3N5O/c23-22(24,25)18-4-1-3-17(14-18)19-6-5-16(15-28-19)13-20(31)29-9-11-30(12-10-29)21-26-7-2-8-27-21/h1-8,14-15H,9-13H2. The van der Waals surface area contributed by atoms with E-state index in [0.29, 0.717) is 43.4 Å². The van der Waals surface area contributed by atoms with Crippen molar-refractivity contribution in [1.82, 2.24) is 19.9 Å². The van der Waals surface area contributed by atoms with Crippen LogP contribution in [0.4, 0.5) is 19.1 Å². The normalized spacial score (nSPS) is 14.5. The van der Waals surface area contributed by atoms with E-state index in [1.165, 1.54) is 6.07 Å². The summed E-state index contributed by atoms with van der Waals surface area (Å²) in [4.78, 5) is 29.2. The van der Waals surface area contributed by atoms with E-state index in [1.807, 2.05) is 4.90 Å². The number of nitrogens with zero attached hydrogens (tertiary/aromatic N) is 5. The number of alkyl halides is 3. The maximum Gasteiger partial charge on any atom is 0.416 e. The molecule has 0 bridgehead atoms. The number of anilines is 1. The van der Waals surface area contributed by atoms with Crippen LogP contribution in [0.3, 0.4) is 0 Å². The summed E-state index contributed by atoms with van der Waals surface area (Å²) in [5.74, 6) is 0.645. The zero-order chi connectivity index (χ0) is 21.8. The van der Waals surface area contributed by atoms with Crippen molar-refractivity contribution in [2.75, 3.05) is 31.1 Å². The van der Waals surface area contributed by atoms with Crippen molar-refractivity contribution in [2.45, 2.75) is 12.6 Å². The Kier molecular flexibility index (Phi) is 5.83. The molecule has 0 aliphatic carbocycles. The third kappa shape index (κ3) is 4.99. The maximum atomic E-state index is 12.9. The molecule has 1 amide bonds. The topological polar surface area (TPSA) is 62.2 Å². The van der Waals surface area contributed by atoms with E-state index in [9.17, 15) is 18.0 Å². The van der Waals surface area contributed by atoms with Gasteiger partial charge in [-0.2, -0.15) is 13.2 Å². The van der Waals surface area contributed by atoms with Crippen molar-refractivity contribution < 1.29 is 18.0 Å². The second kappa shape index (κ2) is 8.71. The first-order valence-electron chi connectivity index (χ1n) is 9.82. The lowest BCUT2D eigenvalue weighted by Crippen LogP contribution is -2.49. The molecular weight excluding hydrogens is 407 g/mol.